The van der Waals surface area contributed by atoms with Crippen LogP contribution in [-0.4, -0.2) is 0 Å². The molecule has 0 N–H and O–H groups in total. The Labute approximate surface area is 112 Å². The van der Waals surface area contributed by atoms with Gasteiger partial charge in [-0.25, -0.2) is 0 Å². The quantitative estimate of drug-likeness (QED) is 0.579. The third-order valence-corrected chi connectivity index (χ3v) is 2.98. The highest BCUT2D eigenvalue weighted by Crippen LogP contribution is 2.27. The molecule has 0 fully saturated rings. The maximum Gasteiger partial charge on any atom is -0.0150 e. The molecule has 0 heteroatoms. The predicted octanol–water partition coefficient (Wildman–Crippen LogP) is 5.70. The van der Waals surface area contributed by atoms with E-state index in [1.54, 1.807) is 0 Å². The molecule has 96 valence electrons. The lowest BCUT2D eigenvalue weighted by Crippen LogP contribution is -1.92. The zero-order valence-electron chi connectivity index (χ0n) is 12.1. The highest BCUT2D eigenvalue weighted by molar-refractivity contribution is 5.80. The molecule has 0 amide bonds. The molecule has 0 aliphatic carbocycles. The zero-order chi connectivity index (χ0) is 13.5. The molecule has 0 aliphatic heterocycles. The van der Waals surface area contributed by atoms with E-state index >= 15 is 0 Å². The van der Waals surface area contributed by atoms with E-state index in [0.29, 0.717) is 0 Å². The zero-order valence-corrected chi connectivity index (χ0v) is 12.1. The van der Waals surface area contributed by atoms with Crippen molar-refractivity contribution in [2.75, 3.05) is 0 Å². The molecule has 0 unspecified atom stereocenters. The topological polar surface area (TPSA) is 0 Å². The highest BCUT2D eigenvalue weighted by atomic mass is 14.1. The van der Waals surface area contributed by atoms with Gasteiger partial charge in [0.15, 0.2) is 0 Å². The average Bonchev–Trinajstić information content (AvgIpc) is 2.34. The number of allylic oxidation sites excluding steroid dienone is 5. The van der Waals surface area contributed by atoms with Crippen molar-refractivity contribution >= 4 is 5.57 Å². The fourth-order valence-electron chi connectivity index (χ4n) is 2.12. The first-order chi connectivity index (χ1) is 8.60. The fourth-order valence-corrected chi connectivity index (χ4v) is 2.12. The Bertz CT molecular complexity index is 469. The summed E-state index contributed by atoms with van der Waals surface area (Å²) in [6.07, 6.45) is 6.50. The van der Waals surface area contributed by atoms with Crippen molar-refractivity contribution in [3.05, 3.63) is 65.3 Å². The maximum absolute atomic E-state index is 3.98. The molecule has 0 heterocycles. The third kappa shape index (κ3) is 3.73. The van der Waals surface area contributed by atoms with Gasteiger partial charge in [0.05, 0.1) is 0 Å². The SMILES string of the molecule is C=C/C(CCC)=C(\C=C(C)C)c1ccccc1C. The van der Waals surface area contributed by atoms with Gasteiger partial charge in [-0.1, -0.05) is 61.9 Å². The lowest BCUT2D eigenvalue weighted by Gasteiger charge is -2.12. The Morgan fingerprint density at radius 1 is 1.22 bits per heavy atom. The van der Waals surface area contributed by atoms with Crippen LogP contribution in [-0.2, 0) is 0 Å². The Hall–Kier alpha value is -1.56. The number of benzene rings is 1. The summed E-state index contributed by atoms with van der Waals surface area (Å²) in [5, 5.41) is 0. The summed E-state index contributed by atoms with van der Waals surface area (Å²) in [6.45, 7) is 12.6. The molecule has 1 rings (SSSR count). The van der Waals surface area contributed by atoms with Crippen molar-refractivity contribution in [2.45, 2.75) is 40.5 Å². The molecule has 0 saturated carbocycles. The largest absolute Gasteiger partial charge is 0.0988 e. The van der Waals surface area contributed by atoms with Crippen LogP contribution in [0.5, 0.6) is 0 Å². The molecule has 0 nitrogen and oxygen atoms in total. The van der Waals surface area contributed by atoms with E-state index in [0.717, 1.165) is 12.8 Å². The molecule has 0 saturated heterocycles. The normalized spacial score (nSPS) is 11.8. The van der Waals surface area contributed by atoms with Crippen LogP contribution in [0.1, 0.15) is 44.7 Å². The first kappa shape index (κ1) is 14.5. The van der Waals surface area contributed by atoms with Crippen molar-refractivity contribution in [1.82, 2.24) is 0 Å². The van der Waals surface area contributed by atoms with Crippen LogP contribution in [0.25, 0.3) is 5.57 Å². The first-order valence-corrected chi connectivity index (χ1v) is 6.66. The van der Waals surface area contributed by atoms with E-state index in [1.165, 1.54) is 27.8 Å². The molecular formula is C18H24. The molecule has 0 aliphatic rings. The molecular weight excluding hydrogens is 216 g/mol. The van der Waals surface area contributed by atoms with E-state index < -0.39 is 0 Å². The van der Waals surface area contributed by atoms with E-state index in [9.17, 15) is 0 Å². The van der Waals surface area contributed by atoms with Gasteiger partial charge in [0, 0.05) is 0 Å². The molecule has 0 bridgehead atoms. The van der Waals surface area contributed by atoms with Gasteiger partial charge in [-0.3, -0.25) is 0 Å². The van der Waals surface area contributed by atoms with Gasteiger partial charge in [0.25, 0.3) is 0 Å². The highest BCUT2D eigenvalue weighted by Gasteiger charge is 2.06. The van der Waals surface area contributed by atoms with Crippen LogP contribution in [0.3, 0.4) is 0 Å². The number of hydrogen-bond acceptors (Lipinski definition) is 0. The molecule has 0 aromatic heterocycles. The van der Waals surface area contributed by atoms with Crippen molar-refractivity contribution in [3.63, 3.8) is 0 Å². The molecule has 1 aromatic rings. The monoisotopic (exact) mass is 240 g/mol. The second-order valence-electron chi connectivity index (χ2n) is 4.93. The van der Waals surface area contributed by atoms with Crippen LogP contribution < -0.4 is 0 Å². The van der Waals surface area contributed by atoms with Gasteiger partial charge in [-0.05, 0) is 49.5 Å². The molecule has 1 aromatic carbocycles. The third-order valence-electron chi connectivity index (χ3n) is 2.98. The van der Waals surface area contributed by atoms with Gasteiger partial charge in [0.2, 0.25) is 0 Å². The number of rotatable bonds is 5. The van der Waals surface area contributed by atoms with Gasteiger partial charge in [0.1, 0.15) is 0 Å². The van der Waals surface area contributed by atoms with E-state index in [4.69, 9.17) is 0 Å². The fraction of sp³-hybridized carbons (Fsp3) is 0.333. The van der Waals surface area contributed by atoms with Crippen molar-refractivity contribution in [3.8, 4) is 0 Å². The average molecular weight is 240 g/mol. The van der Waals surface area contributed by atoms with Crippen molar-refractivity contribution < 1.29 is 0 Å². The summed E-state index contributed by atoms with van der Waals surface area (Å²) >= 11 is 0. The van der Waals surface area contributed by atoms with Crippen LogP contribution in [0, 0.1) is 6.92 Å². The standard InChI is InChI=1S/C18H24/c1-6-10-16(7-2)18(13-14(3)4)17-12-9-8-11-15(17)5/h7-9,11-13H,2,6,10H2,1,3-5H3/b18-16-. The summed E-state index contributed by atoms with van der Waals surface area (Å²) in [4.78, 5) is 0. The minimum absolute atomic E-state index is 1.08. The van der Waals surface area contributed by atoms with Gasteiger partial charge in [-0.2, -0.15) is 0 Å². The van der Waals surface area contributed by atoms with Gasteiger partial charge in [-0.15, -0.1) is 0 Å². The second kappa shape index (κ2) is 7.00. The van der Waals surface area contributed by atoms with Crippen LogP contribution in [0.2, 0.25) is 0 Å². The molecule has 0 atom stereocenters. The lowest BCUT2D eigenvalue weighted by atomic mass is 9.92. The summed E-state index contributed by atoms with van der Waals surface area (Å²) < 4.78 is 0. The van der Waals surface area contributed by atoms with Crippen LogP contribution in [0.4, 0.5) is 0 Å². The van der Waals surface area contributed by atoms with E-state index in [1.807, 2.05) is 6.08 Å². The Morgan fingerprint density at radius 3 is 2.39 bits per heavy atom. The Balaban J connectivity index is 3.43. The minimum atomic E-state index is 1.08. The first-order valence-electron chi connectivity index (χ1n) is 6.66. The second-order valence-corrected chi connectivity index (χ2v) is 4.93. The van der Waals surface area contributed by atoms with Crippen molar-refractivity contribution in [2.24, 2.45) is 0 Å². The number of hydrogen-bond donors (Lipinski definition) is 0. The van der Waals surface area contributed by atoms with Crippen molar-refractivity contribution in [1.29, 1.82) is 0 Å². The van der Waals surface area contributed by atoms with E-state index in [2.05, 4.69) is 64.6 Å². The Morgan fingerprint density at radius 2 is 1.89 bits per heavy atom. The van der Waals surface area contributed by atoms with Gasteiger partial charge >= 0.3 is 0 Å². The van der Waals surface area contributed by atoms with Crippen LogP contribution >= 0.6 is 0 Å². The van der Waals surface area contributed by atoms with Gasteiger partial charge < -0.3 is 0 Å². The smallest absolute Gasteiger partial charge is 0.0150 e. The molecule has 0 spiro atoms. The summed E-state index contributed by atoms with van der Waals surface area (Å²) in [7, 11) is 0. The van der Waals surface area contributed by atoms with Crippen LogP contribution in [0.15, 0.2) is 54.1 Å². The molecule has 0 radical (unpaired) electrons. The summed E-state index contributed by atoms with van der Waals surface area (Å²) in [5.41, 5.74) is 6.63. The number of aryl methyl sites for hydroxylation is 1. The predicted molar refractivity (Wildman–Crippen MR) is 82.6 cm³/mol. The lowest BCUT2D eigenvalue weighted by molar-refractivity contribution is 0.929. The maximum atomic E-state index is 3.98. The minimum Gasteiger partial charge on any atom is -0.0988 e. The summed E-state index contributed by atoms with van der Waals surface area (Å²) in [6, 6.07) is 8.56. The molecule has 18 heavy (non-hydrogen) atoms. The summed E-state index contributed by atoms with van der Waals surface area (Å²) in [5.74, 6) is 0. The Kier molecular flexibility index (Phi) is 5.64. The van der Waals surface area contributed by atoms with E-state index in [-0.39, 0.29) is 0 Å².